The molecule has 1 unspecified atom stereocenters. The van der Waals surface area contributed by atoms with Gasteiger partial charge in [0.1, 0.15) is 11.4 Å². The highest BCUT2D eigenvalue weighted by Gasteiger charge is 2.42. The Balaban J connectivity index is 1.39. The third-order valence-corrected chi connectivity index (χ3v) is 8.41. The van der Waals surface area contributed by atoms with Gasteiger partial charge in [-0.25, -0.2) is 7.92 Å². The summed E-state index contributed by atoms with van der Waals surface area (Å²) in [6.45, 7) is 0.253. The molecule has 2 heterocycles. The summed E-state index contributed by atoms with van der Waals surface area (Å²) in [6, 6.07) is 17.6. The summed E-state index contributed by atoms with van der Waals surface area (Å²) in [5, 5.41) is 17.0. The first-order valence-electron chi connectivity index (χ1n) is 12.3. The molecule has 3 aromatic rings. The van der Waals surface area contributed by atoms with E-state index in [0.29, 0.717) is 0 Å². The van der Waals surface area contributed by atoms with Crippen molar-refractivity contribution in [2.45, 2.75) is 49.3 Å². The first-order chi connectivity index (χ1) is 17.4. The second-order valence-corrected chi connectivity index (χ2v) is 10.5. The third-order valence-electron chi connectivity index (χ3n) is 7.49. The number of carbonyl (C=O) groups is 1. The highest BCUT2D eigenvalue weighted by Crippen LogP contribution is 2.42. The standard InChI is InChI=1S/C28H30FIN4O2/c29-23-9-8-22(28(34-30,13-10-19-6-7-19)21-11-14-31-15-12-21)16-24(23)33-26(35)25-17-27(36,18-32-25)20-4-2-1-3-5-20/h1-5,8-9,11-12,14-16,19,25,32,34,36H,6-7,10,13,17-18H2,(H,33,35)/t25-,27-,28?/m1/s1. The topological polar surface area (TPSA) is 86.3 Å². The van der Waals surface area contributed by atoms with Crippen molar-refractivity contribution in [2.75, 3.05) is 11.9 Å². The van der Waals surface area contributed by atoms with Crippen LogP contribution in [0.4, 0.5) is 10.1 Å². The molecule has 8 heteroatoms. The van der Waals surface area contributed by atoms with Gasteiger partial charge in [0.25, 0.3) is 0 Å². The van der Waals surface area contributed by atoms with Crippen molar-refractivity contribution in [3.8, 4) is 0 Å². The summed E-state index contributed by atoms with van der Waals surface area (Å²) >= 11 is 2.17. The van der Waals surface area contributed by atoms with E-state index in [2.05, 4.69) is 42.0 Å². The predicted molar refractivity (Wildman–Crippen MR) is 146 cm³/mol. The highest BCUT2D eigenvalue weighted by atomic mass is 127. The van der Waals surface area contributed by atoms with Gasteiger partial charge in [-0.05, 0) is 59.7 Å². The Hall–Kier alpha value is -2.40. The molecule has 2 aromatic carbocycles. The SMILES string of the molecule is O=C(Nc1cc(C(CCC2CC2)(NI)c2ccncc2)ccc1F)[C@H]1C[C@](O)(c2ccccc2)CN1. The van der Waals surface area contributed by atoms with Crippen LogP contribution in [0.1, 0.15) is 48.8 Å². The van der Waals surface area contributed by atoms with Crippen LogP contribution in [0.15, 0.2) is 73.1 Å². The smallest absolute Gasteiger partial charge is 0.241 e. The molecule has 3 atom stereocenters. The number of benzene rings is 2. The van der Waals surface area contributed by atoms with E-state index in [1.165, 1.54) is 18.9 Å². The van der Waals surface area contributed by atoms with Crippen LogP contribution in [-0.4, -0.2) is 28.6 Å². The Kier molecular flexibility index (Phi) is 7.39. The Morgan fingerprint density at radius 3 is 2.58 bits per heavy atom. The largest absolute Gasteiger partial charge is 0.384 e. The first-order valence-corrected chi connectivity index (χ1v) is 13.4. The Labute approximate surface area is 224 Å². The van der Waals surface area contributed by atoms with Gasteiger partial charge < -0.3 is 15.7 Å². The number of hydrogen-bond acceptors (Lipinski definition) is 5. The molecule has 2 fully saturated rings. The molecule has 5 rings (SSSR count). The van der Waals surface area contributed by atoms with Gasteiger partial charge in [-0.3, -0.25) is 9.78 Å². The lowest BCUT2D eigenvalue weighted by molar-refractivity contribution is -0.118. The Bertz CT molecular complexity index is 1210. The molecular weight excluding hydrogens is 570 g/mol. The molecule has 1 saturated carbocycles. The molecule has 6 nitrogen and oxygen atoms in total. The first kappa shape index (κ1) is 25.3. The van der Waals surface area contributed by atoms with Crippen molar-refractivity contribution < 1.29 is 14.3 Å². The normalized spacial score (nSPS) is 23.2. The van der Waals surface area contributed by atoms with Crippen molar-refractivity contribution >= 4 is 34.5 Å². The molecule has 1 amide bonds. The van der Waals surface area contributed by atoms with Crippen LogP contribution >= 0.6 is 22.9 Å². The molecule has 1 saturated heterocycles. The number of carbonyl (C=O) groups excluding carboxylic acids is 1. The van der Waals surface area contributed by atoms with Crippen molar-refractivity contribution in [1.29, 1.82) is 0 Å². The van der Waals surface area contributed by atoms with Crippen molar-refractivity contribution in [3.63, 3.8) is 0 Å². The van der Waals surface area contributed by atoms with E-state index in [1.54, 1.807) is 24.5 Å². The molecule has 36 heavy (non-hydrogen) atoms. The second kappa shape index (κ2) is 10.5. The molecular formula is C28H30FIN4O2. The Morgan fingerprint density at radius 1 is 1.14 bits per heavy atom. The molecule has 0 spiro atoms. The maximum Gasteiger partial charge on any atom is 0.241 e. The van der Waals surface area contributed by atoms with Crippen LogP contribution in [-0.2, 0) is 15.9 Å². The quantitative estimate of drug-likeness (QED) is 0.210. The van der Waals surface area contributed by atoms with Gasteiger partial charge in [0.15, 0.2) is 0 Å². The van der Waals surface area contributed by atoms with E-state index in [4.69, 9.17) is 0 Å². The van der Waals surface area contributed by atoms with E-state index >= 15 is 0 Å². The van der Waals surface area contributed by atoms with Crippen molar-refractivity contribution in [1.82, 2.24) is 13.8 Å². The van der Waals surface area contributed by atoms with Crippen LogP contribution in [0.25, 0.3) is 0 Å². The maximum absolute atomic E-state index is 14.9. The molecule has 2 aliphatic rings. The highest BCUT2D eigenvalue weighted by molar-refractivity contribution is 14.1. The number of aliphatic hydroxyl groups is 1. The minimum Gasteiger partial charge on any atom is -0.384 e. The number of amides is 1. The lowest BCUT2D eigenvalue weighted by Crippen LogP contribution is -2.38. The summed E-state index contributed by atoms with van der Waals surface area (Å²) in [7, 11) is 0. The lowest BCUT2D eigenvalue weighted by Gasteiger charge is -2.34. The van der Waals surface area contributed by atoms with Crippen LogP contribution in [0, 0.1) is 11.7 Å². The van der Waals surface area contributed by atoms with E-state index in [1.807, 2.05) is 42.5 Å². The average molecular weight is 600 g/mol. The number of aromatic nitrogens is 1. The molecule has 1 aliphatic heterocycles. The van der Waals surface area contributed by atoms with Crippen LogP contribution in [0.2, 0.25) is 0 Å². The summed E-state index contributed by atoms with van der Waals surface area (Å²) in [6.07, 6.45) is 8.15. The van der Waals surface area contributed by atoms with Gasteiger partial charge in [-0.2, -0.15) is 0 Å². The van der Waals surface area contributed by atoms with Crippen LogP contribution < -0.4 is 14.2 Å². The molecule has 0 radical (unpaired) electrons. The number of hydrogen-bond donors (Lipinski definition) is 4. The van der Waals surface area contributed by atoms with Gasteiger partial charge in [-0.1, -0.05) is 49.2 Å². The van der Waals surface area contributed by atoms with Crippen molar-refractivity contribution in [3.05, 3.63) is 95.6 Å². The zero-order valence-electron chi connectivity index (χ0n) is 19.9. The summed E-state index contributed by atoms with van der Waals surface area (Å²) in [5.74, 6) is -0.136. The summed E-state index contributed by atoms with van der Waals surface area (Å²) in [5.41, 5.74) is 1.12. The zero-order valence-corrected chi connectivity index (χ0v) is 22.0. The molecule has 1 aromatic heterocycles. The Morgan fingerprint density at radius 2 is 1.89 bits per heavy atom. The summed E-state index contributed by atoms with van der Waals surface area (Å²) in [4.78, 5) is 17.3. The number of nitrogens with one attached hydrogen (secondary N) is 3. The fourth-order valence-electron chi connectivity index (χ4n) is 5.11. The fraction of sp³-hybridized carbons (Fsp3) is 0.357. The number of pyridine rings is 1. The molecule has 0 bridgehead atoms. The third kappa shape index (κ3) is 5.18. The van der Waals surface area contributed by atoms with E-state index in [9.17, 15) is 14.3 Å². The molecule has 1 aliphatic carbocycles. The van der Waals surface area contributed by atoms with E-state index in [0.717, 1.165) is 35.4 Å². The van der Waals surface area contributed by atoms with Crippen molar-refractivity contribution in [2.24, 2.45) is 5.92 Å². The van der Waals surface area contributed by atoms with E-state index in [-0.39, 0.29) is 24.6 Å². The number of β-amino-alcohol motifs (C(OH)–C–C–N with tert-alkyl or cyclic N) is 1. The lowest BCUT2D eigenvalue weighted by atomic mass is 9.79. The molecule has 188 valence electrons. The minimum atomic E-state index is -1.14. The van der Waals surface area contributed by atoms with E-state index < -0.39 is 23.0 Å². The number of halogens is 2. The minimum absolute atomic E-state index is 0.131. The van der Waals surface area contributed by atoms with Crippen LogP contribution in [0.3, 0.4) is 0 Å². The summed E-state index contributed by atoms with van der Waals surface area (Å²) < 4.78 is 18.4. The number of nitrogens with zero attached hydrogens (tertiary/aromatic N) is 1. The monoisotopic (exact) mass is 600 g/mol. The van der Waals surface area contributed by atoms with Gasteiger partial charge >= 0.3 is 0 Å². The maximum atomic E-state index is 14.9. The molecule has 4 N–H and O–H groups in total. The van der Waals surface area contributed by atoms with Gasteiger partial charge in [0.2, 0.25) is 5.91 Å². The van der Waals surface area contributed by atoms with Crippen LogP contribution in [0.5, 0.6) is 0 Å². The fourth-order valence-corrected chi connectivity index (χ4v) is 6.00. The second-order valence-electron chi connectivity index (χ2n) is 9.94. The van der Waals surface area contributed by atoms with Gasteiger partial charge in [0.05, 0.1) is 17.3 Å². The zero-order chi connectivity index (χ0) is 25.2. The number of anilines is 1. The average Bonchev–Trinajstić information content (AvgIpc) is 3.66. The number of rotatable bonds is 9. The van der Waals surface area contributed by atoms with Gasteiger partial charge in [-0.15, -0.1) is 0 Å². The van der Waals surface area contributed by atoms with Gasteiger partial charge in [0, 0.05) is 48.2 Å². The predicted octanol–water partition coefficient (Wildman–Crippen LogP) is 4.78.